The van der Waals surface area contributed by atoms with Gasteiger partial charge in [-0.25, -0.2) is 4.98 Å². The molecule has 0 aliphatic rings. The molecule has 0 spiro atoms. The smallest absolute Gasteiger partial charge is 0.251 e. The van der Waals surface area contributed by atoms with Crippen LogP contribution in [0.25, 0.3) is 0 Å². The summed E-state index contributed by atoms with van der Waals surface area (Å²) in [4.78, 5) is 17.8. The molecule has 0 aromatic carbocycles. The molecule has 1 aromatic rings. The predicted octanol–water partition coefficient (Wildman–Crippen LogP) is -0.115. The van der Waals surface area contributed by atoms with E-state index in [9.17, 15) is 9.90 Å². The summed E-state index contributed by atoms with van der Waals surface area (Å²) in [5, 5.41) is 12.1. The largest absolute Gasteiger partial charge is 0.389 e. The van der Waals surface area contributed by atoms with Crippen LogP contribution in [0.1, 0.15) is 10.4 Å². The average molecular weight is 253 g/mol. The van der Waals surface area contributed by atoms with E-state index in [0.29, 0.717) is 11.4 Å². The van der Waals surface area contributed by atoms with Crippen molar-refractivity contribution in [3.63, 3.8) is 0 Å². The molecule has 0 saturated carbocycles. The van der Waals surface area contributed by atoms with Crippen molar-refractivity contribution in [2.75, 3.05) is 39.3 Å². The molecule has 1 amide bonds. The van der Waals surface area contributed by atoms with Crippen LogP contribution in [0.3, 0.4) is 0 Å². The van der Waals surface area contributed by atoms with E-state index < -0.39 is 6.10 Å². The summed E-state index contributed by atoms with van der Waals surface area (Å²) in [7, 11) is 5.20. The molecule has 0 aliphatic heterocycles. The normalized spacial score (nSPS) is 12.0. The summed E-state index contributed by atoms with van der Waals surface area (Å²) >= 11 is 0. The SMILES string of the molecule is COCC(O)CNC(=O)c1ccnc(N(C)C)c1. The minimum Gasteiger partial charge on any atom is -0.389 e. The molecular weight excluding hydrogens is 234 g/mol. The van der Waals surface area contributed by atoms with Crippen LogP contribution in [0, 0.1) is 0 Å². The van der Waals surface area contributed by atoms with Crippen LogP contribution in [0.2, 0.25) is 0 Å². The summed E-state index contributed by atoms with van der Waals surface area (Å²) in [5.41, 5.74) is 0.512. The van der Waals surface area contributed by atoms with Crippen molar-refractivity contribution in [2.45, 2.75) is 6.10 Å². The highest BCUT2D eigenvalue weighted by molar-refractivity contribution is 5.94. The van der Waals surface area contributed by atoms with Crippen LogP contribution >= 0.6 is 0 Å². The third kappa shape index (κ3) is 4.31. The number of anilines is 1. The van der Waals surface area contributed by atoms with E-state index in [2.05, 4.69) is 10.3 Å². The van der Waals surface area contributed by atoms with Crippen molar-refractivity contribution in [3.05, 3.63) is 23.9 Å². The number of amides is 1. The number of aromatic nitrogens is 1. The second-order valence-corrected chi connectivity index (χ2v) is 4.12. The Morgan fingerprint density at radius 2 is 2.33 bits per heavy atom. The fraction of sp³-hybridized carbons (Fsp3) is 0.500. The topological polar surface area (TPSA) is 74.7 Å². The van der Waals surface area contributed by atoms with Crippen molar-refractivity contribution in [2.24, 2.45) is 0 Å². The van der Waals surface area contributed by atoms with Gasteiger partial charge < -0.3 is 20.1 Å². The van der Waals surface area contributed by atoms with E-state index in [1.54, 1.807) is 18.3 Å². The van der Waals surface area contributed by atoms with Gasteiger partial charge in [0, 0.05) is 39.5 Å². The molecule has 1 rings (SSSR count). The Balaban J connectivity index is 2.58. The van der Waals surface area contributed by atoms with Gasteiger partial charge >= 0.3 is 0 Å². The molecule has 1 heterocycles. The number of rotatable bonds is 6. The number of ether oxygens (including phenoxy) is 1. The van der Waals surface area contributed by atoms with Crippen molar-refractivity contribution >= 4 is 11.7 Å². The maximum absolute atomic E-state index is 11.8. The number of aliphatic hydroxyl groups is 1. The number of methoxy groups -OCH3 is 1. The van der Waals surface area contributed by atoms with Gasteiger partial charge in [0.25, 0.3) is 5.91 Å². The van der Waals surface area contributed by atoms with Gasteiger partial charge in [0.2, 0.25) is 0 Å². The van der Waals surface area contributed by atoms with Gasteiger partial charge in [-0.3, -0.25) is 4.79 Å². The lowest BCUT2D eigenvalue weighted by atomic mass is 10.2. The predicted molar refractivity (Wildman–Crippen MR) is 68.8 cm³/mol. The van der Waals surface area contributed by atoms with E-state index in [4.69, 9.17) is 4.74 Å². The van der Waals surface area contributed by atoms with Crippen molar-refractivity contribution in [3.8, 4) is 0 Å². The van der Waals surface area contributed by atoms with Crippen LogP contribution in [-0.4, -0.2) is 56.5 Å². The molecule has 0 radical (unpaired) electrons. The van der Waals surface area contributed by atoms with Gasteiger partial charge in [-0.2, -0.15) is 0 Å². The molecule has 2 N–H and O–H groups in total. The lowest BCUT2D eigenvalue weighted by molar-refractivity contribution is 0.0610. The molecule has 6 heteroatoms. The highest BCUT2D eigenvalue weighted by atomic mass is 16.5. The quantitative estimate of drug-likeness (QED) is 0.739. The zero-order valence-corrected chi connectivity index (χ0v) is 10.9. The summed E-state index contributed by atoms with van der Waals surface area (Å²) in [6.45, 7) is 0.353. The van der Waals surface area contributed by atoms with Gasteiger partial charge in [-0.15, -0.1) is 0 Å². The number of carbonyl (C=O) groups excluding carboxylic acids is 1. The van der Waals surface area contributed by atoms with Crippen LogP contribution in [0.5, 0.6) is 0 Å². The van der Waals surface area contributed by atoms with Crippen LogP contribution < -0.4 is 10.2 Å². The average Bonchev–Trinajstić information content (AvgIpc) is 2.36. The molecule has 1 aromatic heterocycles. The van der Waals surface area contributed by atoms with Crippen LogP contribution in [-0.2, 0) is 4.74 Å². The molecule has 0 bridgehead atoms. The summed E-state index contributed by atoms with van der Waals surface area (Å²) in [6, 6.07) is 3.32. The standard InChI is InChI=1S/C12H19N3O3/c1-15(2)11-6-9(4-5-13-11)12(17)14-7-10(16)8-18-3/h4-6,10,16H,7-8H2,1-3H3,(H,14,17). The van der Waals surface area contributed by atoms with E-state index in [1.807, 2.05) is 19.0 Å². The van der Waals surface area contributed by atoms with E-state index in [1.165, 1.54) is 7.11 Å². The van der Waals surface area contributed by atoms with Gasteiger partial charge in [0.15, 0.2) is 0 Å². The molecule has 18 heavy (non-hydrogen) atoms. The number of nitrogens with zero attached hydrogens (tertiary/aromatic N) is 2. The van der Waals surface area contributed by atoms with Crippen molar-refractivity contribution < 1.29 is 14.6 Å². The first-order valence-corrected chi connectivity index (χ1v) is 5.63. The molecule has 1 unspecified atom stereocenters. The van der Waals surface area contributed by atoms with Gasteiger partial charge in [-0.1, -0.05) is 0 Å². The lowest BCUT2D eigenvalue weighted by Gasteiger charge is -2.13. The van der Waals surface area contributed by atoms with Crippen LogP contribution in [0.15, 0.2) is 18.3 Å². The fourth-order valence-corrected chi connectivity index (χ4v) is 1.37. The molecule has 0 fully saturated rings. The summed E-state index contributed by atoms with van der Waals surface area (Å²) < 4.78 is 4.77. The van der Waals surface area contributed by atoms with Crippen LogP contribution in [0.4, 0.5) is 5.82 Å². The zero-order chi connectivity index (χ0) is 13.5. The Bertz CT molecular complexity index is 396. The Morgan fingerprint density at radius 3 is 2.94 bits per heavy atom. The minimum absolute atomic E-state index is 0.159. The number of carbonyl (C=O) groups is 1. The third-order valence-corrected chi connectivity index (χ3v) is 2.32. The second-order valence-electron chi connectivity index (χ2n) is 4.12. The number of hydrogen-bond donors (Lipinski definition) is 2. The first kappa shape index (κ1) is 14.4. The van der Waals surface area contributed by atoms with E-state index in [0.717, 1.165) is 0 Å². The Kier molecular flexibility index (Phi) is 5.54. The third-order valence-electron chi connectivity index (χ3n) is 2.32. The molecule has 100 valence electrons. The van der Waals surface area contributed by atoms with Gasteiger partial charge in [0.05, 0.1) is 12.7 Å². The molecule has 6 nitrogen and oxygen atoms in total. The van der Waals surface area contributed by atoms with Gasteiger partial charge in [-0.05, 0) is 12.1 Å². The number of hydrogen-bond acceptors (Lipinski definition) is 5. The zero-order valence-electron chi connectivity index (χ0n) is 10.9. The number of nitrogens with one attached hydrogen (secondary N) is 1. The first-order valence-electron chi connectivity index (χ1n) is 5.63. The Morgan fingerprint density at radius 1 is 1.61 bits per heavy atom. The maximum atomic E-state index is 11.8. The molecule has 0 saturated heterocycles. The van der Waals surface area contributed by atoms with Crippen molar-refractivity contribution in [1.29, 1.82) is 0 Å². The highest BCUT2D eigenvalue weighted by Crippen LogP contribution is 2.09. The minimum atomic E-state index is -0.700. The lowest BCUT2D eigenvalue weighted by Crippen LogP contribution is -2.34. The molecule has 0 aliphatic carbocycles. The Hall–Kier alpha value is -1.66. The maximum Gasteiger partial charge on any atom is 0.251 e. The van der Waals surface area contributed by atoms with Gasteiger partial charge in [0.1, 0.15) is 5.82 Å². The monoisotopic (exact) mass is 253 g/mol. The first-order chi connectivity index (χ1) is 8.54. The molecular formula is C12H19N3O3. The number of aliphatic hydroxyl groups excluding tert-OH is 1. The highest BCUT2D eigenvalue weighted by Gasteiger charge is 2.10. The van der Waals surface area contributed by atoms with Crippen molar-refractivity contribution in [1.82, 2.24) is 10.3 Å². The number of pyridine rings is 1. The summed E-state index contributed by atoms with van der Waals surface area (Å²) in [6.07, 6.45) is 0.879. The summed E-state index contributed by atoms with van der Waals surface area (Å²) in [5.74, 6) is 0.468. The van der Waals surface area contributed by atoms with E-state index >= 15 is 0 Å². The second kappa shape index (κ2) is 6.93. The van der Waals surface area contributed by atoms with E-state index in [-0.39, 0.29) is 19.1 Å². The fourth-order valence-electron chi connectivity index (χ4n) is 1.37. The molecule has 1 atom stereocenters. The Labute approximate surface area is 107 Å².